The second-order valence-electron chi connectivity index (χ2n) is 5.83. The van der Waals surface area contributed by atoms with Crippen LogP contribution in [-0.4, -0.2) is 30.2 Å². The molecule has 0 aliphatic rings. The molecule has 3 N–H and O–H groups in total. The summed E-state index contributed by atoms with van der Waals surface area (Å²) in [6, 6.07) is 4.99. The molecule has 0 fully saturated rings. The van der Waals surface area contributed by atoms with E-state index >= 15 is 0 Å². The maximum atomic E-state index is 11.7. The van der Waals surface area contributed by atoms with Crippen LogP contribution in [0.25, 0.3) is 0 Å². The Morgan fingerprint density at radius 2 is 2.05 bits per heavy atom. The Labute approximate surface area is 120 Å². The Morgan fingerprint density at radius 1 is 1.40 bits per heavy atom. The van der Waals surface area contributed by atoms with Gasteiger partial charge in [-0.1, -0.05) is 6.07 Å². The van der Waals surface area contributed by atoms with Crippen LogP contribution in [0.2, 0.25) is 0 Å². The molecular weight excluding hydrogens is 256 g/mol. The van der Waals surface area contributed by atoms with E-state index in [1.807, 2.05) is 27.7 Å². The van der Waals surface area contributed by atoms with E-state index in [2.05, 4.69) is 10.6 Å². The van der Waals surface area contributed by atoms with Crippen molar-refractivity contribution in [3.63, 3.8) is 0 Å². The van der Waals surface area contributed by atoms with Gasteiger partial charge in [0.25, 0.3) is 0 Å². The van der Waals surface area contributed by atoms with Gasteiger partial charge in [-0.2, -0.15) is 0 Å². The number of carbonyl (C=O) groups is 1. The Bertz CT molecular complexity index is 467. The molecule has 1 aromatic carbocycles. The minimum atomic E-state index is -0.246. The van der Waals surface area contributed by atoms with E-state index in [1.165, 1.54) is 0 Å². The van der Waals surface area contributed by atoms with Crippen LogP contribution >= 0.6 is 0 Å². The van der Waals surface area contributed by atoms with Gasteiger partial charge in [-0.25, -0.2) is 0 Å². The van der Waals surface area contributed by atoms with Crippen LogP contribution in [0, 0.1) is 0 Å². The van der Waals surface area contributed by atoms with Crippen molar-refractivity contribution in [2.45, 2.75) is 39.3 Å². The average molecular weight is 280 g/mol. The zero-order valence-electron chi connectivity index (χ0n) is 12.8. The molecule has 1 aromatic rings. The predicted molar refractivity (Wildman–Crippen MR) is 79.0 cm³/mol. The molecule has 0 saturated heterocycles. The topological polar surface area (TPSA) is 70.6 Å². The lowest BCUT2D eigenvalue weighted by molar-refractivity contribution is -0.121. The van der Waals surface area contributed by atoms with Crippen LogP contribution in [0.5, 0.6) is 11.5 Å². The second kappa shape index (κ2) is 6.61. The standard InChI is InChI=1S/C15H24N2O3/c1-10(16-9-14(19)17-15(2,3)4)12-7-6-11(20-5)8-13(12)18/h6-8,10,16,18H,9H2,1-5H3,(H,17,19). The highest BCUT2D eigenvalue weighted by Crippen LogP contribution is 2.28. The van der Waals surface area contributed by atoms with Crippen molar-refractivity contribution in [3.05, 3.63) is 23.8 Å². The number of nitrogens with one attached hydrogen (secondary N) is 2. The highest BCUT2D eigenvalue weighted by atomic mass is 16.5. The van der Waals surface area contributed by atoms with Crippen LogP contribution in [-0.2, 0) is 4.79 Å². The molecule has 0 aromatic heterocycles. The average Bonchev–Trinajstić information content (AvgIpc) is 2.33. The Balaban J connectivity index is 2.59. The number of hydrogen-bond donors (Lipinski definition) is 3. The van der Waals surface area contributed by atoms with E-state index in [4.69, 9.17) is 4.74 Å². The molecule has 1 atom stereocenters. The molecule has 1 unspecified atom stereocenters. The van der Waals surface area contributed by atoms with Gasteiger partial charge in [0, 0.05) is 23.2 Å². The number of hydrogen-bond acceptors (Lipinski definition) is 4. The van der Waals surface area contributed by atoms with E-state index in [0.717, 1.165) is 5.56 Å². The summed E-state index contributed by atoms with van der Waals surface area (Å²) in [6.07, 6.45) is 0. The number of carbonyl (C=O) groups excluding carboxylic acids is 1. The van der Waals surface area contributed by atoms with Gasteiger partial charge in [0.15, 0.2) is 0 Å². The number of rotatable bonds is 5. The minimum Gasteiger partial charge on any atom is -0.507 e. The maximum Gasteiger partial charge on any atom is 0.234 e. The number of phenolic OH excluding ortho intramolecular Hbond substituents is 1. The third-order valence-electron chi connectivity index (χ3n) is 2.79. The summed E-state index contributed by atoms with van der Waals surface area (Å²) in [4.78, 5) is 11.7. The number of aromatic hydroxyl groups is 1. The van der Waals surface area contributed by atoms with E-state index in [1.54, 1.807) is 25.3 Å². The fraction of sp³-hybridized carbons (Fsp3) is 0.533. The second-order valence-corrected chi connectivity index (χ2v) is 5.83. The molecule has 1 amide bonds. The normalized spacial score (nSPS) is 12.8. The molecular formula is C15H24N2O3. The van der Waals surface area contributed by atoms with Crippen LogP contribution in [0.3, 0.4) is 0 Å². The highest BCUT2D eigenvalue weighted by Gasteiger charge is 2.16. The summed E-state index contributed by atoms with van der Waals surface area (Å²) < 4.78 is 5.04. The molecule has 5 heteroatoms. The molecule has 0 spiro atoms. The monoisotopic (exact) mass is 280 g/mol. The first kappa shape index (κ1) is 16.3. The first-order chi connectivity index (χ1) is 9.23. The SMILES string of the molecule is COc1ccc(C(C)NCC(=O)NC(C)(C)C)c(O)c1. The van der Waals surface area contributed by atoms with Gasteiger partial charge in [-0.15, -0.1) is 0 Å². The Kier molecular flexibility index (Phi) is 5.39. The fourth-order valence-electron chi connectivity index (χ4n) is 1.83. The number of amides is 1. The fourth-order valence-corrected chi connectivity index (χ4v) is 1.83. The quantitative estimate of drug-likeness (QED) is 0.771. The van der Waals surface area contributed by atoms with Gasteiger partial charge in [0.1, 0.15) is 11.5 Å². The molecule has 0 radical (unpaired) electrons. The third kappa shape index (κ3) is 5.09. The van der Waals surface area contributed by atoms with Crippen molar-refractivity contribution in [3.8, 4) is 11.5 Å². The summed E-state index contributed by atoms with van der Waals surface area (Å²) in [7, 11) is 1.55. The highest BCUT2D eigenvalue weighted by molar-refractivity contribution is 5.78. The molecule has 20 heavy (non-hydrogen) atoms. The van der Waals surface area contributed by atoms with Crippen molar-refractivity contribution in [1.82, 2.24) is 10.6 Å². The van der Waals surface area contributed by atoms with Crippen LogP contribution in [0.15, 0.2) is 18.2 Å². The number of ether oxygens (including phenoxy) is 1. The first-order valence-electron chi connectivity index (χ1n) is 6.64. The van der Waals surface area contributed by atoms with Gasteiger partial charge in [0.05, 0.1) is 13.7 Å². The number of phenols is 1. The molecule has 5 nitrogen and oxygen atoms in total. The van der Waals surface area contributed by atoms with Gasteiger partial charge in [-0.3, -0.25) is 4.79 Å². The molecule has 0 aliphatic heterocycles. The number of methoxy groups -OCH3 is 1. The zero-order valence-corrected chi connectivity index (χ0v) is 12.8. The van der Waals surface area contributed by atoms with Gasteiger partial charge in [-0.05, 0) is 33.8 Å². The minimum absolute atomic E-state index is 0.0719. The molecule has 1 rings (SSSR count). The molecule has 0 heterocycles. The van der Waals surface area contributed by atoms with Gasteiger partial charge >= 0.3 is 0 Å². The maximum absolute atomic E-state index is 11.7. The smallest absolute Gasteiger partial charge is 0.234 e. The van der Waals surface area contributed by atoms with Crippen molar-refractivity contribution in [2.24, 2.45) is 0 Å². The summed E-state index contributed by atoms with van der Waals surface area (Å²) in [5, 5.41) is 15.9. The summed E-state index contributed by atoms with van der Waals surface area (Å²) >= 11 is 0. The predicted octanol–water partition coefficient (Wildman–Crippen LogP) is 1.97. The van der Waals surface area contributed by atoms with Gasteiger partial charge < -0.3 is 20.5 Å². The van der Waals surface area contributed by atoms with E-state index < -0.39 is 0 Å². The van der Waals surface area contributed by atoms with E-state index in [9.17, 15) is 9.90 Å². The first-order valence-corrected chi connectivity index (χ1v) is 6.64. The molecule has 0 aliphatic carbocycles. The zero-order chi connectivity index (χ0) is 15.3. The van der Waals surface area contributed by atoms with Crippen LogP contribution < -0.4 is 15.4 Å². The van der Waals surface area contributed by atoms with Crippen LogP contribution in [0.1, 0.15) is 39.3 Å². The van der Waals surface area contributed by atoms with E-state index in [-0.39, 0.29) is 29.8 Å². The van der Waals surface area contributed by atoms with Gasteiger partial charge in [0.2, 0.25) is 5.91 Å². The van der Waals surface area contributed by atoms with Crippen LogP contribution in [0.4, 0.5) is 0 Å². The van der Waals surface area contributed by atoms with Crippen molar-refractivity contribution in [1.29, 1.82) is 0 Å². The lowest BCUT2D eigenvalue weighted by Crippen LogP contribution is -2.45. The summed E-state index contributed by atoms with van der Waals surface area (Å²) in [6.45, 7) is 7.90. The van der Waals surface area contributed by atoms with Crippen molar-refractivity contribution in [2.75, 3.05) is 13.7 Å². The number of benzene rings is 1. The molecule has 0 saturated carbocycles. The molecule has 0 bridgehead atoms. The lowest BCUT2D eigenvalue weighted by Gasteiger charge is -2.22. The largest absolute Gasteiger partial charge is 0.507 e. The van der Waals surface area contributed by atoms with Crippen molar-refractivity contribution >= 4 is 5.91 Å². The van der Waals surface area contributed by atoms with Crippen molar-refractivity contribution < 1.29 is 14.6 Å². The molecule has 112 valence electrons. The summed E-state index contributed by atoms with van der Waals surface area (Å²) in [5.41, 5.74) is 0.485. The Morgan fingerprint density at radius 3 is 2.55 bits per heavy atom. The lowest BCUT2D eigenvalue weighted by atomic mass is 10.1. The van der Waals surface area contributed by atoms with E-state index in [0.29, 0.717) is 5.75 Å². The summed E-state index contributed by atoms with van der Waals surface area (Å²) in [5.74, 6) is 0.682. The Hall–Kier alpha value is -1.75. The third-order valence-corrected chi connectivity index (χ3v) is 2.79.